The van der Waals surface area contributed by atoms with E-state index in [2.05, 4.69) is 46.2 Å². The van der Waals surface area contributed by atoms with Crippen LogP contribution in [0, 0.1) is 0 Å². The minimum Gasteiger partial charge on any atom is -0.349 e. The highest BCUT2D eigenvalue weighted by atomic mass is 35.5. The first kappa shape index (κ1) is 18.9. The van der Waals surface area contributed by atoms with E-state index >= 15 is 0 Å². The third kappa shape index (κ3) is 5.05. The zero-order valence-corrected chi connectivity index (χ0v) is 16.0. The summed E-state index contributed by atoms with van der Waals surface area (Å²) in [5, 5.41) is 3.40. The van der Waals surface area contributed by atoms with E-state index in [1.54, 1.807) is 30.5 Å². The minimum atomic E-state index is -0.310. The van der Waals surface area contributed by atoms with Crippen LogP contribution < -0.4 is 10.2 Å². The number of anilines is 2. The third-order valence-corrected chi connectivity index (χ3v) is 4.34. The lowest BCUT2D eigenvalue weighted by atomic mass is 10.2. The highest BCUT2D eigenvalue weighted by Gasteiger charge is 2.15. The standard InChI is InChI=1S/C21H21ClN4O/c1-15(2)26(14-16-6-4-3-5-7-16)20-13-23-19(12-24-20)21(27)25-18-10-8-17(22)9-11-18/h3-13,15H,14H2,1-2H3,(H,25,27). The molecule has 0 spiro atoms. The number of benzene rings is 2. The Morgan fingerprint density at radius 1 is 1.04 bits per heavy atom. The second-order valence-corrected chi connectivity index (χ2v) is 6.86. The second kappa shape index (κ2) is 8.64. The second-order valence-electron chi connectivity index (χ2n) is 6.43. The molecule has 0 aliphatic heterocycles. The Hall–Kier alpha value is -2.92. The van der Waals surface area contributed by atoms with Gasteiger partial charge in [-0.3, -0.25) is 4.79 Å². The van der Waals surface area contributed by atoms with Gasteiger partial charge < -0.3 is 10.2 Å². The van der Waals surface area contributed by atoms with Gasteiger partial charge in [-0.25, -0.2) is 9.97 Å². The molecule has 138 valence electrons. The molecular weight excluding hydrogens is 360 g/mol. The van der Waals surface area contributed by atoms with Crippen molar-refractivity contribution in [2.45, 2.75) is 26.4 Å². The summed E-state index contributed by atoms with van der Waals surface area (Å²) >= 11 is 5.86. The molecule has 2 aromatic carbocycles. The van der Waals surface area contributed by atoms with Crippen LogP contribution in [-0.4, -0.2) is 21.9 Å². The van der Waals surface area contributed by atoms with Crippen molar-refractivity contribution in [2.75, 3.05) is 10.2 Å². The molecule has 3 aromatic rings. The molecule has 0 fully saturated rings. The third-order valence-electron chi connectivity index (χ3n) is 4.09. The van der Waals surface area contributed by atoms with Crippen LogP contribution >= 0.6 is 11.6 Å². The van der Waals surface area contributed by atoms with Crippen LogP contribution in [0.5, 0.6) is 0 Å². The molecule has 27 heavy (non-hydrogen) atoms. The molecule has 0 bridgehead atoms. The largest absolute Gasteiger partial charge is 0.349 e. The van der Waals surface area contributed by atoms with Crippen molar-refractivity contribution < 1.29 is 4.79 Å². The number of carbonyl (C=O) groups excluding carboxylic acids is 1. The fourth-order valence-corrected chi connectivity index (χ4v) is 2.75. The van der Waals surface area contributed by atoms with Crippen LogP contribution in [0.1, 0.15) is 29.9 Å². The molecule has 0 saturated heterocycles. The molecule has 1 aromatic heterocycles. The highest BCUT2D eigenvalue weighted by Crippen LogP contribution is 2.18. The van der Waals surface area contributed by atoms with Crippen LogP contribution in [0.4, 0.5) is 11.5 Å². The molecule has 0 aliphatic rings. The molecule has 1 amide bonds. The van der Waals surface area contributed by atoms with E-state index in [0.717, 1.165) is 12.4 Å². The average molecular weight is 381 g/mol. The average Bonchev–Trinajstić information content (AvgIpc) is 2.68. The van der Waals surface area contributed by atoms with Crippen molar-refractivity contribution in [3.63, 3.8) is 0 Å². The monoisotopic (exact) mass is 380 g/mol. The Morgan fingerprint density at radius 3 is 2.33 bits per heavy atom. The first-order valence-corrected chi connectivity index (χ1v) is 9.10. The smallest absolute Gasteiger partial charge is 0.275 e. The van der Waals surface area contributed by atoms with Gasteiger partial charge in [0.25, 0.3) is 5.91 Å². The van der Waals surface area contributed by atoms with E-state index < -0.39 is 0 Å². The van der Waals surface area contributed by atoms with Crippen molar-refractivity contribution in [3.05, 3.63) is 83.3 Å². The van der Waals surface area contributed by atoms with Gasteiger partial charge in [0, 0.05) is 23.3 Å². The summed E-state index contributed by atoms with van der Waals surface area (Å²) in [5.41, 5.74) is 2.11. The fraction of sp³-hybridized carbons (Fsp3) is 0.190. The molecular formula is C21H21ClN4O. The lowest BCUT2D eigenvalue weighted by molar-refractivity contribution is 0.102. The number of hydrogen-bond acceptors (Lipinski definition) is 4. The van der Waals surface area contributed by atoms with Gasteiger partial charge in [0.2, 0.25) is 0 Å². The van der Waals surface area contributed by atoms with Crippen LogP contribution in [-0.2, 0) is 6.54 Å². The summed E-state index contributed by atoms with van der Waals surface area (Å²) in [4.78, 5) is 23.2. The van der Waals surface area contributed by atoms with Crippen LogP contribution in [0.15, 0.2) is 67.0 Å². The maximum atomic E-state index is 12.3. The zero-order valence-electron chi connectivity index (χ0n) is 15.3. The molecule has 0 unspecified atom stereocenters. The Balaban J connectivity index is 1.72. The van der Waals surface area contributed by atoms with E-state index in [-0.39, 0.29) is 17.6 Å². The van der Waals surface area contributed by atoms with Crippen LogP contribution in [0.2, 0.25) is 5.02 Å². The summed E-state index contributed by atoms with van der Waals surface area (Å²) in [7, 11) is 0. The van der Waals surface area contributed by atoms with E-state index in [0.29, 0.717) is 10.7 Å². The van der Waals surface area contributed by atoms with E-state index in [9.17, 15) is 4.79 Å². The van der Waals surface area contributed by atoms with Gasteiger partial charge in [0.15, 0.2) is 0 Å². The van der Waals surface area contributed by atoms with Gasteiger partial charge in [-0.05, 0) is 43.7 Å². The van der Waals surface area contributed by atoms with Gasteiger partial charge in [-0.2, -0.15) is 0 Å². The Labute approximate surface area is 164 Å². The Kier molecular flexibility index (Phi) is 6.04. The van der Waals surface area contributed by atoms with Gasteiger partial charge in [0.1, 0.15) is 11.5 Å². The van der Waals surface area contributed by atoms with Gasteiger partial charge >= 0.3 is 0 Å². The number of nitrogens with zero attached hydrogens (tertiary/aromatic N) is 3. The van der Waals surface area contributed by atoms with Gasteiger partial charge in [-0.15, -0.1) is 0 Å². The van der Waals surface area contributed by atoms with Crippen molar-refractivity contribution in [1.29, 1.82) is 0 Å². The highest BCUT2D eigenvalue weighted by molar-refractivity contribution is 6.30. The molecule has 0 radical (unpaired) electrons. The normalized spacial score (nSPS) is 10.7. The molecule has 3 rings (SSSR count). The maximum absolute atomic E-state index is 12.3. The predicted molar refractivity (Wildman–Crippen MR) is 109 cm³/mol. The molecule has 0 saturated carbocycles. The Morgan fingerprint density at radius 2 is 1.74 bits per heavy atom. The minimum absolute atomic E-state index is 0.244. The number of rotatable bonds is 6. The van der Waals surface area contributed by atoms with Crippen molar-refractivity contribution in [3.8, 4) is 0 Å². The number of hydrogen-bond donors (Lipinski definition) is 1. The SMILES string of the molecule is CC(C)N(Cc1ccccc1)c1cnc(C(=O)Nc2ccc(Cl)cc2)cn1. The Bertz CT molecular complexity index is 880. The number of amides is 1. The quantitative estimate of drug-likeness (QED) is 0.667. The fourth-order valence-electron chi connectivity index (χ4n) is 2.62. The summed E-state index contributed by atoms with van der Waals surface area (Å²) in [6, 6.07) is 17.3. The molecule has 1 N–H and O–H groups in total. The summed E-state index contributed by atoms with van der Waals surface area (Å²) in [6.45, 7) is 4.93. The first-order valence-electron chi connectivity index (χ1n) is 8.72. The lowest BCUT2D eigenvalue weighted by Crippen LogP contribution is -2.31. The van der Waals surface area contributed by atoms with Crippen molar-refractivity contribution >= 4 is 29.0 Å². The summed E-state index contributed by atoms with van der Waals surface area (Å²) < 4.78 is 0. The van der Waals surface area contributed by atoms with Crippen molar-refractivity contribution in [2.24, 2.45) is 0 Å². The number of aromatic nitrogens is 2. The summed E-state index contributed by atoms with van der Waals surface area (Å²) in [6.07, 6.45) is 3.14. The van der Waals surface area contributed by atoms with Crippen molar-refractivity contribution in [1.82, 2.24) is 9.97 Å². The topological polar surface area (TPSA) is 58.1 Å². The maximum Gasteiger partial charge on any atom is 0.275 e. The van der Waals surface area contributed by atoms with Gasteiger partial charge in [-0.1, -0.05) is 41.9 Å². The molecule has 0 aliphatic carbocycles. The molecule has 0 atom stereocenters. The van der Waals surface area contributed by atoms with E-state index in [1.807, 2.05) is 18.2 Å². The van der Waals surface area contributed by atoms with E-state index in [1.165, 1.54) is 11.8 Å². The number of halogens is 1. The molecule has 5 nitrogen and oxygen atoms in total. The summed E-state index contributed by atoms with van der Waals surface area (Å²) in [5.74, 6) is 0.424. The number of carbonyl (C=O) groups is 1. The predicted octanol–water partition coefficient (Wildman–Crippen LogP) is 4.80. The van der Waals surface area contributed by atoms with Crippen LogP contribution in [0.3, 0.4) is 0 Å². The van der Waals surface area contributed by atoms with Gasteiger partial charge in [0.05, 0.1) is 12.4 Å². The molecule has 1 heterocycles. The lowest BCUT2D eigenvalue weighted by Gasteiger charge is -2.27. The zero-order chi connectivity index (χ0) is 19.2. The van der Waals surface area contributed by atoms with E-state index in [4.69, 9.17) is 11.6 Å². The molecule has 6 heteroatoms. The first-order chi connectivity index (χ1) is 13.0. The van der Waals surface area contributed by atoms with Crippen LogP contribution in [0.25, 0.3) is 0 Å². The number of nitrogens with one attached hydrogen (secondary N) is 1.